The van der Waals surface area contributed by atoms with E-state index in [9.17, 15) is 0 Å². The molecule has 1 aliphatic carbocycles. The van der Waals surface area contributed by atoms with Gasteiger partial charge < -0.3 is 20.3 Å². The molecule has 0 radical (unpaired) electrons. The number of pyridine rings is 1. The molecule has 2 fully saturated rings. The fraction of sp³-hybridized carbons (Fsp3) is 0.667. The molecule has 6 nitrogen and oxygen atoms in total. The highest BCUT2D eigenvalue weighted by Crippen LogP contribution is 2.19. The molecule has 25 heavy (non-hydrogen) atoms. The van der Waals surface area contributed by atoms with Gasteiger partial charge in [-0.05, 0) is 18.9 Å². The Balaban J connectivity index is 0.00000225. The summed E-state index contributed by atoms with van der Waals surface area (Å²) in [6.45, 7) is 4.08. The van der Waals surface area contributed by atoms with Crippen LogP contribution in [0.3, 0.4) is 0 Å². The van der Waals surface area contributed by atoms with E-state index in [1.54, 1.807) is 0 Å². The van der Waals surface area contributed by atoms with Crippen molar-refractivity contribution in [3.8, 4) is 0 Å². The number of hydrogen-bond acceptors (Lipinski definition) is 4. The van der Waals surface area contributed by atoms with Crippen LogP contribution in [0.2, 0.25) is 0 Å². The summed E-state index contributed by atoms with van der Waals surface area (Å²) in [4.78, 5) is 11.3. The van der Waals surface area contributed by atoms with E-state index in [4.69, 9.17) is 4.74 Å². The third-order valence-electron chi connectivity index (χ3n) is 4.79. The van der Waals surface area contributed by atoms with Crippen molar-refractivity contribution in [2.24, 2.45) is 4.99 Å². The highest BCUT2D eigenvalue weighted by Gasteiger charge is 2.17. The second-order valence-corrected chi connectivity index (χ2v) is 6.49. The number of nitrogens with zero attached hydrogens (tertiary/aromatic N) is 3. The van der Waals surface area contributed by atoms with Crippen molar-refractivity contribution in [3.63, 3.8) is 0 Å². The van der Waals surface area contributed by atoms with Crippen molar-refractivity contribution < 1.29 is 4.74 Å². The van der Waals surface area contributed by atoms with Gasteiger partial charge in [0.2, 0.25) is 0 Å². The lowest BCUT2D eigenvalue weighted by Crippen LogP contribution is -2.44. The predicted octanol–water partition coefficient (Wildman–Crippen LogP) is 2.53. The summed E-state index contributed by atoms with van der Waals surface area (Å²) in [6, 6.07) is 4.69. The second-order valence-electron chi connectivity index (χ2n) is 6.49. The largest absolute Gasteiger partial charge is 0.378 e. The zero-order chi connectivity index (χ0) is 16.6. The number of guanidine groups is 1. The average Bonchev–Trinajstić information content (AvgIpc) is 2.67. The average molecular weight is 459 g/mol. The molecule has 0 spiro atoms. The Bertz CT molecular complexity index is 542. The lowest BCUT2D eigenvalue weighted by molar-refractivity contribution is 0.122. The van der Waals surface area contributed by atoms with E-state index in [1.165, 1.54) is 37.7 Å². The highest BCUT2D eigenvalue weighted by atomic mass is 127. The number of rotatable bonds is 4. The molecule has 2 aliphatic rings. The van der Waals surface area contributed by atoms with Gasteiger partial charge in [0.05, 0.1) is 13.2 Å². The first kappa shape index (κ1) is 20.2. The van der Waals surface area contributed by atoms with Crippen LogP contribution in [0.15, 0.2) is 23.3 Å². The maximum absolute atomic E-state index is 5.45. The standard InChI is InChI=1S/C18H29N5O.HI/c1-19-18(22-16-7-3-2-4-8-16)21-14-15-6-5-9-20-17(15)23-10-12-24-13-11-23;/h5-6,9,16H,2-4,7-8,10-14H2,1H3,(H2,19,21,22);1H. The molecule has 0 aromatic carbocycles. The molecule has 1 aromatic heterocycles. The summed E-state index contributed by atoms with van der Waals surface area (Å²) in [5.41, 5.74) is 1.20. The van der Waals surface area contributed by atoms with E-state index in [0.717, 1.165) is 44.6 Å². The number of anilines is 1. The van der Waals surface area contributed by atoms with Gasteiger partial charge in [0.1, 0.15) is 5.82 Å². The van der Waals surface area contributed by atoms with Crippen LogP contribution in [0, 0.1) is 0 Å². The molecule has 1 saturated heterocycles. The van der Waals surface area contributed by atoms with Crippen LogP contribution in [0.1, 0.15) is 37.7 Å². The van der Waals surface area contributed by atoms with Gasteiger partial charge in [-0.2, -0.15) is 0 Å². The molecule has 1 aliphatic heterocycles. The van der Waals surface area contributed by atoms with Crippen LogP contribution in [-0.4, -0.2) is 50.3 Å². The first-order valence-electron chi connectivity index (χ1n) is 9.10. The number of ether oxygens (including phenoxy) is 1. The molecular weight excluding hydrogens is 429 g/mol. The zero-order valence-corrected chi connectivity index (χ0v) is 17.4. The first-order valence-corrected chi connectivity index (χ1v) is 9.10. The zero-order valence-electron chi connectivity index (χ0n) is 15.0. The normalized spacial score (nSPS) is 19.2. The summed E-state index contributed by atoms with van der Waals surface area (Å²) in [6.07, 6.45) is 8.35. The Morgan fingerprint density at radius 1 is 1.28 bits per heavy atom. The van der Waals surface area contributed by atoms with E-state index < -0.39 is 0 Å². The number of nitrogens with one attached hydrogen (secondary N) is 2. The van der Waals surface area contributed by atoms with Gasteiger partial charge in [-0.1, -0.05) is 25.3 Å². The van der Waals surface area contributed by atoms with Crippen molar-refractivity contribution in [2.75, 3.05) is 38.3 Å². The molecule has 2 heterocycles. The SMILES string of the molecule is CN=C(NCc1cccnc1N1CCOCC1)NC1CCCCC1.I. The molecule has 140 valence electrons. The van der Waals surface area contributed by atoms with E-state index in [-0.39, 0.29) is 24.0 Å². The van der Waals surface area contributed by atoms with Crippen LogP contribution >= 0.6 is 24.0 Å². The summed E-state index contributed by atoms with van der Waals surface area (Å²) < 4.78 is 5.45. The monoisotopic (exact) mass is 459 g/mol. The van der Waals surface area contributed by atoms with Gasteiger partial charge in [0, 0.05) is 44.5 Å². The van der Waals surface area contributed by atoms with Crippen LogP contribution < -0.4 is 15.5 Å². The van der Waals surface area contributed by atoms with Crippen molar-refractivity contribution in [2.45, 2.75) is 44.7 Å². The highest BCUT2D eigenvalue weighted by molar-refractivity contribution is 14.0. The Hall–Kier alpha value is -1.09. The predicted molar refractivity (Wildman–Crippen MR) is 113 cm³/mol. The van der Waals surface area contributed by atoms with Crippen LogP contribution in [0.5, 0.6) is 0 Å². The molecule has 0 amide bonds. The minimum Gasteiger partial charge on any atom is -0.378 e. The van der Waals surface area contributed by atoms with Crippen molar-refractivity contribution in [1.82, 2.24) is 15.6 Å². The topological polar surface area (TPSA) is 61.8 Å². The minimum atomic E-state index is 0. The van der Waals surface area contributed by atoms with E-state index in [2.05, 4.69) is 31.6 Å². The lowest BCUT2D eigenvalue weighted by Gasteiger charge is -2.29. The fourth-order valence-electron chi connectivity index (χ4n) is 3.44. The first-order chi connectivity index (χ1) is 11.9. The third-order valence-corrected chi connectivity index (χ3v) is 4.79. The Labute approximate surface area is 167 Å². The molecule has 3 rings (SSSR count). The third kappa shape index (κ3) is 5.99. The molecular formula is C18H30IN5O. The quantitative estimate of drug-likeness (QED) is 0.412. The van der Waals surface area contributed by atoms with Gasteiger partial charge in [-0.3, -0.25) is 4.99 Å². The lowest BCUT2D eigenvalue weighted by atomic mass is 9.96. The van der Waals surface area contributed by atoms with Crippen molar-refractivity contribution in [1.29, 1.82) is 0 Å². The summed E-state index contributed by atoms with van der Waals surface area (Å²) >= 11 is 0. The second kappa shape index (κ2) is 10.8. The molecule has 1 saturated carbocycles. The van der Waals surface area contributed by atoms with E-state index in [0.29, 0.717) is 6.04 Å². The number of hydrogen-bond donors (Lipinski definition) is 2. The number of morpholine rings is 1. The maximum atomic E-state index is 5.45. The van der Waals surface area contributed by atoms with Crippen molar-refractivity contribution >= 4 is 35.8 Å². The smallest absolute Gasteiger partial charge is 0.191 e. The minimum absolute atomic E-state index is 0. The molecule has 0 atom stereocenters. The van der Waals surface area contributed by atoms with Crippen LogP contribution in [0.4, 0.5) is 5.82 Å². The van der Waals surface area contributed by atoms with Gasteiger partial charge in [-0.15, -0.1) is 24.0 Å². The molecule has 0 unspecified atom stereocenters. The van der Waals surface area contributed by atoms with Gasteiger partial charge in [-0.25, -0.2) is 4.98 Å². The van der Waals surface area contributed by atoms with E-state index >= 15 is 0 Å². The van der Waals surface area contributed by atoms with E-state index in [1.807, 2.05) is 19.3 Å². The number of aliphatic imine (C=N–C) groups is 1. The Kier molecular flexibility index (Phi) is 8.74. The fourth-order valence-corrected chi connectivity index (χ4v) is 3.44. The molecule has 7 heteroatoms. The Morgan fingerprint density at radius 3 is 2.76 bits per heavy atom. The maximum Gasteiger partial charge on any atom is 0.191 e. The summed E-state index contributed by atoms with van der Waals surface area (Å²) in [5.74, 6) is 1.94. The van der Waals surface area contributed by atoms with Crippen LogP contribution in [0.25, 0.3) is 0 Å². The molecule has 2 N–H and O–H groups in total. The van der Waals surface area contributed by atoms with Crippen LogP contribution in [-0.2, 0) is 11.3 Å². The number of halogens is 1. The van der Waals surface area contributed by atoms with Crippen molar-refractivity contribution in [3.05, 3.63) is 23.9 Å². The summed E-state index contributed by atoms with van der Waals surface area (Å²) in [5, 5.41) is 7.01. The van der Waals surface area contributed by atoms with Gasteiger partial charge in [0.25, 0.3) is 0 Å². The van der Waals surface area contributed by atoms with Gasteiger partial charge in [0.15, 0.2) is 5.96 Å². The molecule has 0 bridgehead atoms. The number of aromatic nitrogens is 1. The summed E-state index contributed by atoms with van der Waals surface area (Å²) in [7, 11) is 1.84. The van der Waals surface area contributed by atoms with Gasteiger partial charge >= 0.3 is 0 Å². The molecule has 1 aromatic rings. The Morgan fingerprint density at radius 2 is 2.04 bits per heavy atom.